The first-order chi connectivity index (χ1) is 6.93. The predicted octanol–water partition coefficient (Wildman–Crippen LogP) is 3.40. The second kappa shape index (κ2) is 5.19. The van der Waals surface area contributed by atoms with Gasteiger partial charge in [0.1, 0.15) is 0 Å². The number of alkyl halides is 3. The zero-order chi connectivity index (χ0) is 11.5. The lowest BCUT2D eigenvalue weighted by molar-refractivity contribution is 0.303. The van der Waals surface area contributed by atoms with Crippen LogP contribution in [-0.2, 0) is 3.79 Å². The fraction of sp³-hybridized carbons (Fsp3) is 0.556. The maximum absolute atomic E-state index is 5.69. The lowest BCUT2D eigenvalue weighted by atomic mass is 10.4. The Morgan fingerprint density at radius 2 is 2.00 bits per heavy atom. The Balaban J connectivity index is 2.95. The van der Waals surface area contributed by atoms with Gasteiger partial charge >= 0.3 is 0 Å². The van der Waals surface area contributed by atoms with Crippen LogP contribution in [0, 0.1) is 6.92 Å². The molecule has 0 radical (unpaired) electrons. The maximum Gasteiger partial charge on any atom is 0.250 e. The van der Waals surface area contributed by atoms with Crippen molar-refractivity contribution in [2.24, 2.45) is 0 Å². The van der Waals surface area contributed by atoms with Crippen LogP contribution in [0.15, 0.2) is 6.07 Å². The first-order valence-electron chi connectivity index (χ1n) is 4.49. The largest absolute Gasteiger partial charge is 0.478 e. The monoisotopic (exact) mass is 268 g/mol. The molecular weight excluding hydrogens is 258 g/mol. The fourth-order valence-corrected chi connectivity index (χ4v) is 1.20. The van der Waals surface area contributed by atoms with Gasteiger partial charge in [-0.15, -0.1) is 0 Å². The average Bonchev–Trinajstić information content (AvgIpc) is 2.12. The van der Waals surface area contributed by atoms with Gasteiger partial charge in [-0.2, -0.15) is 4.98 Å². The van der Waals surface area contributed by atoms with Gasteiger partial charge in [0.25, 0.3) is 0 Å². The van der Waals surface area contributed by atoms with E-state index in [4.69, 9.17) is 39.5 Å². The Bertz CT molecular complexity index is 339. The van der Waals surface area contributed by atoms with E-state index in [1.54, 1.807) is 13.0 Å². The minimum Gasteiger partial charge on any atom is -0.478 e. The first-order valence-corrected chi connectivity index (χ1v) is 5.62. The van der Waals surface area contributed by atoms with Crippen LogP contribution in [0.1, 0.15) is 24.9 Å². The van der Waals surface area contributed by atoms with Crippen LogP contribution in [-0.4, -0.2) is 16.6 Å². The molecule has 0 aliphatic carbocycles. The van der Waals surface area contributed by atoms with Gasteiger partial charge in [0.15, 0.2) is 5.82 Å². The summed E-state index contributed by atoms with van der Waals surface area (Å²) >= 11 is 17.1. The average molecular weight is 270 g/mol. The number of halogens is 3. The van der Waals surface area contributed by atoms with Crippen molar-refractivity contribution >= 4 is 34.8 Å². The summed E-state index contributed by atoms with van der Waals surface area (Å²) in [6.45, 7) is 4.38. The highest BCUT2D eigenvalue weighted by Crippen LogP contribution is 2.36. The molecule has 1 aromatic rings. The summed E-state index contributed by atoms with van der Waals surface area (Å²) < 4.78 is 3.73. The molecule has 0 saturated heterocycles. The third-order valence-electron chi connectivity index (χ3n) is 1.54. The molecule has 0 aliphatic rings. The highest BCUT2D eigenvalue weighted by Gasteiger charge is 2.27. The number of aryl methyl sites for hydroxylation is 1. The summed E-state index contributed by atoms with van der Waals surface area (Å²) in [5.41, 5.74) is 0.706. The molecule has 0 saturated carbocycles. The topological polar surface area (TPSA) is 35.0 Å². The molecule has 1 aromatic heterocycles. The smallest absolute Gasteiger partial charge is 0.250 e. The van der Waals surface area contributed by atoms with E-state index in [2.05, 4.69) is 9.97 Å². The highest BCUT2D eigenvalue weighted by molar-refractivity contribution is 6.66. The zero-order valence-corrected chi connectivity index (χ0v) is 10.7. The van der Waals surface area contributed by atoms with Crippen LogP contribution >= 0.6 is 34.8 Å². The van der Waals surface area contributed by atoms with E-state index in [-0.39, 0.29) is 5.82 Å². The number of aromatic nitrogens is 2. The van der Waals surface area contributed by atoms with Crippen molar-refractivity contribution < 1.29 is 4.74 Å². The van der Waals surface area contributed by atoms with E-state index in [1.165, 1.54) is 0 Å². The maximum atomic E-state index is 5.69. The van der Waals surface area contributed by atoms with Crippen LogP contribution in [0.4, 0.5) is 0 Å². The number of hydrogen-bond donors (Lipinski definition) is 0. The summed E-state index contributed by atoms with van der Waals surface area (Å²) in [5, 5.41) is 0. The molecule has 0 bridgehead atoms. The number of nitrogens with zero attached hydrogens (tertiary/aromatic N) is 2. The molecule has 0 N–H and O–H groups in total. The lowest BCUT2D eigenvalue weighted by Crippen LogP contribution is -2.10. The van der Waals surface area contributed by atoms with Gasteiger partial charge in [-0.25, -0.2) is 4.98 Å². The Morgan fingerprint density at radius 1 is 1.33 bits per heavy atom. The molecule has 0 amide bonds. The van der Waals surface area contributed by atoms with Crippen molar-refractivity contribution in [3.63, 3.8) is 0 Å². The van der Waals surface area contributed by atoms with Gasteiger partial charge in [0.05, 0.1) is 6.61 Å². The van der Waals surface area contributed by atoms with E-state index in [0.717, 1.165) is 6.42 Å². The molecular formula is C9H11Cl3N2O. The first kappa shape index (κ1) is 12.8. The summed E-state index contributed by atoms with van der Waals surface area (Å²) in [6.07, 6.45) is 0.895. The minimum absolute atomic E-state index is 0.138. The molecule has 6 heteroatoms. The Labute approximate surface area is 104 Å². The van der Waals surface area contributed by atoms with Gasteiger partial charge in [-0.05, 0) is 13.3 Å². The van der Waals surface area contributed by atoms with Crippen LogP contribution < -0.4 is 4.74 Å². The van der Waals surface area contributed by atoms with E-state index in [9.17, 15) is 0 Å². The molecule has 0 atom stereocenters. The SMILES string of the molecule is CCCOc1cc(C)nc(C(Cl)(Cl)Cl)n1. The third kappa shape index (κ3) is 4.01. The summed E-state index contributed by atoms with van der Waals surface area (Å²) in [7, 11) is 0. The second-order valence-corrected chi connectivity index (χ2v) is 5.30. The molecule has 0 aliphatic heterocycles. The van der Waals surface area contributed by atoms with Crippen LogP contribution in [0.3, 0.4) is 0 Å². The van der Waals surface area contributed by atoms with E-state index in [1.807, 2.05) is 6.92 Å². The van der Waals surface area contributed by atoms with Gasteiger partial charge in [-0.1, -0.05) is 41.7 Å². The minimum atomic E-state index is -1.61. The lowest BCUT2D eigenvalue weighted by Gasteiger charge is -2.11. The quantitative estimate of drug-likeness (QED) is 0.789. The van der Waals surface area contributed by atoms with E-state index >= 15 is 0 Å². The van der Waals surface area contributed by atoms with Gasteiger partial charge < -0.3 is 4.74 Å². The second-order valence-electron chi connectivity index (χ2n) is 3.02. The zero-order valence-electron chi connectivity index (χ0n) is 8.43. The van der Waals surface area contributed by atoms with Crippen LogP contribution in [0.25, 0.3) is 0 Å². The summed E-state index contributed by atoms with van der Waals surface area (Å²) in [6, 6.07) is 1.70. The van der Waals surface area contributed by atoms with Crippen molar-refractivity contribution in [2.45, 2.75) is 24.1 Å². The molecule has 0 spiro atoms. The molecule has 1 rings (SSSR count). The molecule has 0 unspecified atom stereocenters. The Hall–Kier alpha value is -0.250. The predicted molar refractivity (Wildman–Crippen MR) is 61.8 cm³/mol. The normalized spacial score (nSPS) is 11.5. The van der Waals surface area contributed by atoms with Crippen molar-refractivity contribution in [1.29, 1.82) is 0 Å². The molecule has 1 heterocycles. The third-order valence-corrected chi connectivity index (χ3v) is 2.05. The van der Waals surface area contributed by atoms with Gasteiger partial charge in [0.2, 0.25) is 9.67 Å². The Kier molecular flexibility index (Phi) is 4.44. The Morgan fingerprint density at radius 3 is 2.53 bits per heavy atom. The van der Waals surface area contributed by atoms with E-state index in [0.29, 0.717) is 18.2 Å². The number of rotatable bonds is 3. The molecule has 15 heavy (non-hydrogen) atoms. The van der Waals surface area contributed by atoms with Gasteiger partial charge in [0, 0.05) is 11.8 Å². The standard InChI is InChI=1S/C9H11Cl3N2O/c1-3-4-15-7-5-6(2)13-8(14-7)9(10,11)12/h5H,3-4H2,1-2H3. The molecule has 0 fully saturated rings. The number of ether oxygens (including phenoxy) is 1. The van der Waals surface area contributed by atoms with Crippen molar-refractivity contribution in [3.8, 4) is 5.88 Å². The van der Waals surface area contributed by atoms with Crippen molar-refractivity contribution in [3.05, 3.63) is 17.6 Å². The van der Waals surface area contributed by atoms with Crippen molar-refractivity contribution in [2.75, 3.05) is 6.61 Å². The number of hydrogen-bond acceptors (Lipinski definition) is 3. The molecule has 84 valence electrons. The molecule has 0 aromatic carbocycles. The highest BCUT2D eigenvalue weighted by atomic mass is 35.6. The van der Waals surface area contributed by atoms with Gasteiger partial charge in [-0.3, -0.25) is 0 Å². The van der Waals surface area contributed by atoms with Crippen molar-refractivity contribution in [1.82, 2.24) is 9.97 Å². The van der Waals surface area contributed by atoms with Crippen LogP contribution in [0.5, 0.6) is 5.88 Å². The van der Waals surface area contributed by atoms with E-state index < -0.39 is 3.79 Å². The summed E-state index contributed by atoms with van der Waals surface area (Å²) in [5.74, 6) is 0.573. The fourth-order valence-electron chi connectivity index (χ4n) is 0.947. The van der Waals surface area contributed by atoms with Crippen LogP contribution in [0.2, 0.25) is 0 Å². The summed E-state index contributed by atoms with van der Waals surface area (Å²) in [4.78, 5) is 8.04. The molecule has 3 nitrogen and oxygen atoms in total.